The molecule has 4 rings (SSSR count). The molecule has 2 unspecified atom stereocenters. The number of hydrogen-bond acceptors (Lipinski definition) is 6. The Hall–Kier alpha value is -3.20. The van der Waals surface area contributed by atoms with Gasteiger partial charge in [-0.1, -0.05) is 13.0 Å². The summed E-state index contributed by atoms with van der Waals surface area (Å²) >= 11 is 0. The molecule has 0 spiro atoms. The van der Waals surface area contributed by atoms with E-state index in [1.165, 1.54) is 12.1 Å². The van der Waals surface area contributed by atoms with Crippen LogP contribution < -0.4 is 10.9 Å². The van der Waals surface area contributed by atoms with Crippen LogP contribution in [0.2, 0.25) is 0 Å². The summed E-state index contributed by atoms with van der Waals surface area (Å²) in [6.45, 7) is 2.01. The monoisotopic (exact) mass is 341 g/mol. The molecule has 3 N–H and O–H groups in total. The number of furan rings is 1. The van der Waals surface area contributed by atoms with Crippen molar-refractivity contribution < 1.29 is 14.1 Å². The summed E-state index contributed by atoms with van der Waals surface area (Å²) in [7, 11) is 0. The minimum Gasteiger partial charge on any atom is -0.397 e. The number of carbonyl (C=O) groups excluding carboxylic acids is 1. The van der Waals surface area contributed by atoms with Gasteiger partial charge in [0.15, 0.2) is 11.6 Å². The largest absolute Gasteiger partial charge is 0.433 e. The van der Waals surface area contributed by atoms with Gasteiger partial charge < -0.3 is 9.40 Å². The van der Waals surface area contributed by atoms with Crippen LogP contribution in [0, 0.1) is 16.0 Å². The number of nitro groups is 1. The third-order valence-corrected chi connectivity index (χ3v) is 4.31. The second-order valence-corrected chi connectivity index (χ2v) is 6.11. The maximum absolute atomic E-state index is 11.4. The molecular weight excluding hydrogens is 326 g/mol. The highest BCUT2D eigenvalue weighted by molar-refractivity contribution is 5.80. The van der Waals surface area contributed by atoms with E-state index in [1.54, 1.807) is 0 Å². The van der Waals surface area contributed by atoms with Crippen molar-refractivity contribution in [3.05, 3.63) is 46.0 Å². The predicted octanol–water partition coefficient (Wildman–Crippen LogP) is 2.43. The van der Waals surface area contributed by atoms with E-state index in [0.717, 1.165) is 16.6 Å². The third kappa shape index (κ3) is 2.74. The van der Waals surface area contributed by atoms with Crippen LogP contribution in [0.25, 0.3) is 22.6 Å². The topological polar surface area (TPSA) is 126 Å². The van der Waals surface area contributed by atoms with Crippen molar-refractivity contribution in [1.82, 2.24) is 20.8 Å². The van der Waals surface area contributed by atoms with Gasteiger partial charge in [0.2, 0.25) is 5.91 Å². The second kappa shape index (κ2) is 5.71. The van der Waals surface area contributed by atoms with Crippen LogP contribution in [0.4, 0.5) is 5.88 Å². The van der Waals surface area contributed by atoms with Crippen molar-refractivity contribution in [2.75, 3.05) is 0 Å². The minimum absolute atomic E-state index is 0.00134. The molecule has 2 aromatic heterocycles. The van der Waals surface area contributed by atoms with Crippen molar-refractivity contribution in [2.24, 2.45) is 5.92 Å². The van der Waals surface area contributed by atoms with Gasteiger partial charge in [-0.05, 0) is 29.7 Å². The molecule has 1 aliphatic rings. The molecule has 0 bridgehead atoms. The molecule has 1 amide bonds. The molecule has 128 valence electrons. The minimum atomic E-state index is -0.589. The van der Waals surface area contributed by atoms with E-state index in [1.807, 2.05) is 25.1 Å². The fourth-order valence-corrected chi connectivity index (χ4v) is 3.06. The first-order valence-corrected chi connectivity index (χ1v) is 7.80. The number of nitrogens with zero attached hydrogens (tertiary/aromatic N) is 2. The number of imidazole rings is 1. The van der Waals surface area contributed by atoms with E-state index < -0.39 is 4.92 Å². The van der Waals surface area contributed by atoms with E-state index in [9.17, 15) is 14.9 Å². The third-order valence-electron chi connectivity index (χ3n) is 4.31. The van der Waals surface area contributed by atoms with Crippen molar-refractivity contribution in [1.29, 1.82) is 0 Å². The second-order valence-electron chi connectivity index (χ2n) is 6.11. The number of carbonyl (C=O) groups is 1. The zero-order valence-electron chi connectivity index (χ0n) is 13.3. The number of H-pyrrole nitrogens is 1. The Morgan fingerprint density at radius 3 is 2.88 bits per heavy atom. The lowest BCUT2D eigenvalue weighted by molar-refractivity contribution is -0.401. The van der Waals surface area contributed by atoms with E-state index in [0.29, 0.717) is 18.0 Å². The lowest BCUT2D eigenvalue weighted by Crippen LogP contribution is -2.48. The number of hydrazine groups is 1. The van der Waals surface area contributed by atoms with Gasteiger partial charge in [-0.3, -0.25) is 20.3 Å². The fraction of sp³-hybridized carbons (Fsp3) is 0.250. The SMILES string of the molecule is CC1CC(=O)NNC1c1ccc2nc(-c3ccc([N+](=O)[O-])o3)[nH]c2c1. The van der Waals surface area contributed by atoms with Crippen molar-refractivity contribution >= 4 is 22.8 Å². The summed E-state index contributed by atoms with van der Waals surface area (Å²) in [5.41, 5.74) is 8.22. The van der Waals surface area contributed by atoms with Crippen molar-refractivity contribution in [3.63, 3.8) is 0 Å². The highest BCUT2D eigenvalue weighted by Gasteiger charge is 2.27. The Balaban J connectivity index is 1.67. The Morgan fingerprint density at radius 1 is 1.32 bits per heavy atom. The fourth-order valence-electron chi connectivity index (χ4n) is 3.06. The molecule has 1 aromatic carbocycles. The average Bonchev–Trinajstić information content (AvgIpc) is 3.21. The summed E-state index contributed by atoms with van der Waals surface area (Å²) < 4.78 is 5.18. The molecule has 3 heterocycles. The van der Waals surface area contributed by atoms with Crippen molar-refractivity contribution in [2.45, 2.75) is 19.4 Å². The zero-order chi connectivity index (χ0) is 17.6. The molecule has 1 fully saturated rings. The summed E-state index contributed by atoms with van der Waals surface area (Å²) in [5, 5.41) is 10.7. The normalized spacial score (nSPS) is 20.6. The Labute approximate surface area is 141 Å². The van der Waals surface area contributed by atoms with E-state index in [-0.39, 0.29) is 23.8 Å². The first-order chi connectivity index (χ1) is 12.0. The lowest BCUT2D eigenvalue weighted by atomic mass is 9.90. The first kappa shape index (κ1) is 15.3. The molecule has 3 aromatic rings. The Bertz CT molecular complexity index is 976. The highest BCUT2D eigenvalue weighted by atomic mass is 16.6. The van der Waals surface area contributed by atoms with Crippen LogP contribution in [0.15, 0.2) is 34.7 Å². The van der Waals surface area contributed by atoms with Gasteiger partial charge in [0.25, 0.3) is 0 Å². The van der Waals surface area contributed by atoms with Crippen molar-refractivity contribution in [3.8, 4) is 11.6 Å². The Morgan fingerprint density at radius 2 is 2.16 bits per heavy atom. The maximum Gasteiger partial charge on any atom is 0.433 e. The number of hydrogen-bond donors (Lipinski definition) is 3. The first-order valence-electron chi connectivity index (χ1n) is 7.80. The number of fused-ring (bicyclic) bond motifs is 1. The smallest absolute Gasteiger partial charge is 0.397 e. The average molecular weight is 341 g/mol. The molecule has 0 radical (unpaired) electrons. The lowest BCUT2D eigenvalue weighted by Gasteiger charge is -2.30. The molecule has 25 heavy (non-hydrogen) atoms. The molecule has 2 atom stereocenters. The Kier molecular flexibility index (Phi) is 3.50. The molecule has 1 saturated heterocycles. The molecule has 1 aliphatic heterocycles. The number of rotatable bonds is 3. The summed E-state index contributed by atoms with van der Waals surface area (Å²) in [4.78, 5) is 29.1. The standard InChI is InChI=1S/C16H15N5O4/c1-8-6-13(22)19-20-15(8)9-2-3-10-11(7-9)18-16(17-10)12-4-5-14(25-12)21(23)24/h2-5,7-8,15,20H,6H2,1H3,(H,17,18)(H,19,22). The zero-order valence-corrected chi connectivity index (χ0v) is 13.3. The van der Waals surface area contributed by atoms with Gasteiger partial charge in [-0.2, -0.15) is 0 Å². The summed E-state index contributed by atoms with van der Waals surface area (Å²) in [6.07, 6.45) is 0.458. The van der Waals surface area contributed by atoms with Crippen LogP contribution >= 0.6 is 0 Å². The molecule has 0 saturated carbocycles. The molecule has 0 aliphatic carbocycles. The van der Waals surface area contributed by atoms with E-state index in [4.69, 9.17) is 4.42 Å². The van der Waals surface area contributed by atoms with Gasteiger partial charge in [-0.25, -0.2) is 10.4 Å². The van der Waals surface area contributed by atoms with Crippen LogP contribution in [0.1, 0.15) is 24.9 Å². The molecule has 9 nitrogen and oxygen atoms in total. The quantitative estimate of drug-likeness (QED) is 0.496. The maximum atomic E-state index is 11.4. The summed E-state index contributed by atoms with van der Waals surface area (Å²) in [6, 6.07) is 8.57. The van der Waals surface area contributed by atoms with Gasteiger partial charge in [-0.15, -0.1) is 0 Å². The van der Waals surface area contributed by atoms with Gasteiger partial charge >= 0.3 is 5.88 Å². The summed E-state index contributed by atoms with van der Waals surface area (Å²) in [5.74, 6) is 0.542. The van der Waals surface area contributed by atoms with Crippen LogP contribution in [-0.2, 0) is 4.79 Å². The van der Waals surface area contributed by atoms with Gasteiger partial charge in [0, 0.05) is 6.42 Å². The number of nitrogens with one attached hydrogen (secondary N) is 3. The van der Waals surface area contributed by atoms with Crippen LogP contribution in [0.5, 0.6) is 0 Å². The van der Waals surface area contributed by atoms with Gasteiger partial charge in [0.05, 0.1) is 23.1 Å². The molecular formula is C16H15N5O4. The highest BCUT2D eigenvalue weighted by Crippen LogP contribution is 2.30. The number of aromatic nitrogens is 2. The van der Waals surface area contributed by atoms with E-state index >= 15 is 0 Å². The predicted molar refractivity (Wildman–Crippen MR) is 88.3 cm³/mol. The number of amides is 1. The number of benzene rings is 1. The van der Waals surface area contributed by atoms with E-state index in [2.05, 4.69) is 20.8 Å². The van der Waals surface area contributed by atoms with Crippen LogP contribution in [-0.4, -0.2) is 20.8 Å². The molecule has 9 heteroatoms. The number of aromatic amines is 1. The van der Waals surface area contributed by atoms with Gasteiger partial charge in [0.1, 0.15) is 4.92 Å². The van der Waals surface area contributed by atoms with Crippen LogP contribution in [0.3, 0.4) is 0 Å².